The number of nitrogens with one attached hydrogen (secondary N) is 1. The van der Waals surface area contributed by atoms with Gasteiger partial charge in [0.15, 0.2) is 0 Å². The summed E-state index contributed by atoms with van der Waals surface area (Å²) in [5.41, 5.74) is 0. The van der Waals surface area contributed by atoms with Crippen LogP contribution < -0.4 is 5.32 Å². The first-order valence-corrected chi connectivity index (χ1v) is 6.23. The monoisotopic (exact) mass is 196 g/mol. The van der Waals surface area contributed by atoms with Crippen molar-refractivity contribution in [3.05, 3.63) is 0 Å². The highest BCUT2D eigenvalue weighted by Gasteiger charge is 2.28. The van der Waals surface area contributed by atoms with Gasteiger partial charge in [-0.25, -0.2) is 0 Å². The van der Waals surface area contributed by atoms with E-state index < -0.39 is 0 Å². The van der Waals surface area contributed by atoms with Crippen molar-refractivity contribution in [2.75, 3.05) is 19.6 Å². The lowest BCUT2D eigenvalue weighted by molar-refractivity contribution is 0.217. The number of rotatable bonds is 2. The van der Waals surface area contributed by atoms with E-state index in [1.165, 1.54) is 45.3 Å². The first-order valence-electron chi connectivity index (χ1n) is 6.23. The van der Waals surface area contributed by atoms with Gasteiger partial charge in [-0.15, -0.1) is 0 Å². The van der Waals surface area contributed by atoms with Crippen LogP contribution in [0.25, 0.3) is 0 Å². The largest absolute Gasteiger partial charge is 0.313 e. The van der Waals surface area contributed by atoms with Gasteiger partial charge in [-0.3, -0.25) is 4.90 Å². The second kappa shape index (κ2) is 4.63. The molecular weight excluding hydrogens is 172 g/mol. The van der Waals surface area contributed by atoms with Gasteiger partial charge in [-0.2, -0.15) is 0 Å². The van der Waals surface area contributed by atoms with Gasteiger partial charge in [-0.05, 0) is 38.6 Å². The van der Waals surface area contributed by atoms with Crippen LogP contribution in [0.5, 0.6) is 0 Å². The molecule has 2 fully saturated rings. The summed E-state index contributed by atoms with van der Waals surface area (Å²) in [5, 5.41) is 3.64. The molecule has 0 spiro atoms. The smallest absolute Gasteiger partial charge is 0.0195 e. The fourth-order valence-electron chi connectivity index (χ4n) is 3.00. The molecule has 2 aliphatic rings. The van der Waals surface area contributed by atoms with Crippen LogP contribution in [-0.2, 0) is 0 Å². The molecule has 2 nitrogen and oxygen atoms in total. The summed E-state index contributed by atoms with van der Waals surface area (Å²) in [6, 6.07) is 1.59. The highest BCUT2D eigenvalue weighted by molar-refractivity contribution is 4.84. The van der Waals surface area contributed by atoms with Gasteiger partial charge in [0.05, 0.1) is 0 Å². The lowest BCUT2D eigenvalue weighted by Crippen LogP contribution is -2.44. The average molecular weight is 196 g/mol. The van der Waals surface area contributed by atoms with Gasteiger partial charge in [0, 0.05) is 25.2 Å². The Morgan fingerprint density at radius 2 is 2.14 bits per heavy atom. The number of hydrogen-bond acceptors (Lipinski definition) is 2. The summed E-state index contributed by atoms with van der Waals surface area (Å²) in [4.78, 5) is 2.67. The lowest BCUT2D eigenvalue weighted by Gasteiger charge is -2.30. The highest BCUT2D eigenvalue weighted by atomic mass is 15.2. The summed E-state index contributed by atoms with van der Waals surface area (Å²) in [6.07, 6.45) is 5.59. The lowest BCUT2D eigenvalue weighted by atomic mass is 10.0. The Labute approximate surface area is 88.1 Å². The maximum Gasteiger partial charge on any atom is 0.0195 e. The van der Waals surface area contributed by atoms with Crippen molar-refractivity contribution in [2.45, 2.75) is 51.6 Å². The quantitative estimate of drug-likeness (QED) is 0.725. The third-order valence-corrected chi connectivity index (χ3v) is 3.78. The normalized spacial score (nSPS) is 40.3. The topological polar surface area (TPSA) is 15.3 Å². The summed E-state index contributed by atoms with van der Waals surface area (Å²) in [5.74, 6) is 0.911. The molecule has 0 radical (unpaired) electrons. The molecule has 3 unspecified atom stereocenters. The molecule has 0 bridgehead atoms. The third kappa shape index (κ3) is 2.48. The molecule has 0 aromatic rings. The molecule has 2 saturated heterocycles. The van der Waals surface area contributed by atoms with E-state index in [-0.39, 0.29) is 0 Å². The Kier molecular flexibility index (Phi) is 3.45. The highest BCUT2D eigenvalue weighted by Crippen LogP contribution is 2.23. The Morgan fingerprint density at radius 3 is 2.71 bits per heavy atom. The number of nitrogens with zero attached hydrogens (tertiary/aromatic N) is 1. The van der Waals surface area contributed by atoms with E-state index >= 15 is 0 Å². The SMILES string of the molecule is CC1CC(C)N(CC2CCCCN2)C1. The molecule has 2 aliphatic heterocycles. The van der Waals surface area contributed by atoms with Crippen molar-refractivity contribution in [3.63, 3.8) is 0 Å². The maximum absolute atomic E-state index is 3.64. The molecular formula is C12H24N2. The maximum atomic E-state index is 3.64. The van der Waals surface area contributed by atoms with Crippen LogP contribution in [0.15, 0.2) is 0 Å². The molecule has 1 N–H and O–H groups in total. The van der Waals surface area contributed by atoms with Crippen molar-refractivity contribution in [1.29, 1.82) is 0 Å². The minimum Gasteiger partial charge on any atom is -0.313 e. The molecule has 2 rings (SSSR count). The van der Waals surface area contributed by atoms with E-state index in [0.29, 0.717) is 0 Å². The zero-order valence-corrected chi connectivity index (χ0v) is 9.63. The van der Waals surface area contributed by atoms with Gasteiger partial charge < -0.3 is 5.32 Å². The Bertz CT molecular complexity index is 175. The second-order valence-corrected chi connectivity index (χ2v) is 5.29. The zero-order valence-electron chi connectivity index (χ0n) is 9.63. The fourth-order valence-corrected chi connectivity index (χ4v) is 3.00. The summed E-state index contributed by atoms with van der Waals surface area (Å²) < 4.78 is 0. The molecule has 14 heavy (non-hydrogen) atoms. The first-order chi connectivity index (χ1) is 6.75. The van der Waals surface area contributed by atoms with Gasteiger partial charge in [-0.1, -0.05) is 13.3 Å². The van der Waals surface area contributed by atoms with Crippen LogP contribution in [-0.4, -0.2) is 36.6 Å². The Hall–Kier alpha value is -0.0800. The fraction of sp³-hybridized carbons (Fsp3) is 1.00. The van der Waals surface area contributed by atoms with E-state index in [9.17, 15) is 0 Å². The molecule has 0 aromatic carbocycles. The number of piperidine rings is 1. The van der Waals surface area contributed by atoms with Gasteiger partial charge in [0.25, 0.3) is 0 Å². The van der Waals surface area contributed by atoms with E-state index in [0.717, 1.165) is 18.0 Å². The van der Waals surface area contributed by atoms with Crippen molar-refractivity contribution in [1.82, 2.24) is 10.2 Å². The van der Waals surface area contributed by atoms with Crippen LogP contribution >= 0.6 is 0 Å². The predicted octanol–water partition coefficient (Wildman–Crippen LogP) is 1.86. The van der Waals surface area contributed by atoms with E-state index in [1.807, 2.05) is 0 Å². The van der Waals surface area contributed by atoms with Gasteiger partial charge in [0.2, 0.25) is 0 Å². The molecule has 0 amide bonds. The molecule has 0 saturated carbocycles. The van der Waals surface area contributed by atoms with Gasteiger partial charge in [0.1, 0.15) is 0 Å². The van der Waals surface area contributed by atoms with Crippen LogP contribution in [0.4, 0.5) is 0 Å². The standard InChI is InChI=1S/C12H24N2/c1-10-7-11(2)14(8-10)9-12-5-3-4-6-13-12/h10-13H,3-9H2,1-2H3. The summed E-state index contributed by atoms with van der Waals surface area (Å²) >= 11 is 0. The molecule has 3 atom stereocenters. The van der Waals surface area contributed by atoms with E-state index in [4.69, 9.17) is 0 Å². The molecule has 82 valence electrons. The second-order valence-electron chi connectivity index (χ2n) is 5.29. The zero-order chi connectivity index (χ0) is 9.97. The minimum atomic E-state index is 0.775. The van der Waals surface area contributed by atoms with Gasteiger partial charge >= 0.3 is 0 Å². The van der Waals surface area contributed by atoms with Crippen molar-refractivity contribution >= 4 is 0 Å². The van der Waals surface area contributed by atoms with Crippen molar-refractivity contribution < 1.29 is 0 Å². The average Bonchev–Trinajstić information content (AvgIpc) is 2.47. The van der Waals surface area contributed by atoms with Crippen LogP contribution in [0, 0.1) is 5.92 Å². The number of hydrogen-bond donors (Lipinski definition) is 1. The Morgan fingerprint density at radius 1 is 1.29 bits per heavy atom. The van der Waals surface area contributed by atoms with Crippen LogP contribution in [0.2, 0.25) is 0 Å². The molecule has 2 heterocycles. The Balaban J connectivity index is 1.78. The summed E-state index contributed by atoms with van der Waals surface area (Å²) in [7, 11) is 0. The third-order valence-electron chi connectivity index (χ3n) is 3.78. The van der Waals surface area contributed by atoms with E-state index in [2.05, 4.69) is 24.1 Å². The van der Waals surface area contributed by atoms with Crippen molar-refractivity contribution in [2.24, 2.45) is 5.92 Å². The van der Waals surface area contributed by atoms with Crippen LogP contribution in [0.1, 0.15) is 39.5 Å². The molecule has 0 aromatic heterocycles. The van der Waals surface area contributed by atoms with Crippen molar-refractivity contribution in [3.8, 4) is 0 Å². The molecule has 2 heteroatoms. The van der Waals surface area contributed by atoms with E-state index in [1.54, 1.807) is 0 Å². The summed E-state index contributed by atoms with van der Waals surface area (Å²) in [6.45, 7) is 8.60. The predicted molar refractivity (Wildman–Crippen MR) is 60.5 cm³/mol. The number of likely N-dealkylation sites (tertiary alicyclic amines) is 1. The first kappa shape index (κ1) is 10.4. The van der Waals surface area contributed by atoms with Crippen LogP contribution in [0.3, 0.4) is 0 Å². The minimum absolute atomic E-state index is 0.775. The molecule has 0 aliphatic carbocycles.